The van der Waals surface area contributed by atoms with Crippen molar-refractivity contribution in [3.63, 3.8) is 0 Å². The second-order valence-electron chi connectivity index (χ2n) is 4.58. The highest BCUT2D eigenvalue weighted by Crippen LogP contribution is 2.24. The van der Waals surface area contributed by atoms with Gasteiger partial charge in [-0.15, -0.1) is 0 Å². The summed E-state index contributed by atoms with van der Waals surface area (Å²) in [6.07, 6.45) is 0. The molecule has 1 aromatic carbocycles. The summed E-state index contributed by atoms with van der Waals surface area (Å²) in [5.74, 6) is 0. The van der Waals surface area contributed by atoms with Gasteiger partial charge in [-0.1, -0.05) is 22.0 Å². The van der Waals surface area contributed by atoms with Gasteiger partial charge in [0, 0.05) is 29.4 Å². The van der Waals surface area contributed by atoms with E-state index in [-0.39, 0.29) is 0 Å². The molecule has 0 unspecified atom stereocenters. The average Bonchev–Trinajstić information content (AvgIpc) is 2.68. The Bertz CT molecular complexity index is 650. The first-order chi connectivity index (χ1) is 9.04. The van der Waals surface area contributed by atoms with E-state index in [1.807, 2.05) is 36.7 Å². The lowest BCUT2D eigenvalue weighted by atomic mass is 10.2. The third kappa shape index (κ3) is 2.66. The smallest absolute Gasteiger partial charge is 0.120 e. The first kappa shape index (κ1) is 13.7. The van der Waals surface area contributed by atoms with Crippen LogP contribution in [0.3, 0.4) is 0 Å². The van der Waals surface area contributed by atoms with Crippen molar-refractivity contribution >= 4 is 21.6 Å². The van der Waals surface area contributed by atoms with Gasteiger partial charge in [0.15, 0.2) is 0 Å². The normalized spacial score (nSPS) is 10.3. The molecule has 98 valence electrons. The summed E-state index contributed by atoms with van der Waals surface area (Å²) in [5.41, 5.74) is 5.27. The minimum absolute atomic E-state index is 0.695. The summed E-state index contributed by atoms with van der Waals surface area (Å²) < 4.78 is 3.02. The van der Waals surface area contributed by atoms with Crippen molar-refractivity contribution in [1.82, 2.24) is 4.57 Å². The van der Waals surface area contributed by atoms with Crippen molar-refractivity contribution < 1.29 is 0 Å². The number of anilines is 1. The first-order valence-electron chi connectivity index (χ1n) is 6.09. The Morgan fingerprint density at radius 2 is 2.11 bits per heavy atom. The number of nitrogens with zero attached hydrogens (tertiary/aromatic N) is 2. The lowest BCUT2D eigenvalue weighted by molar-refractivity contribution is 0.856. The summed E-state index contributed by atoms with van der Waals surface area (Å²) >= 11 is 3.53. The van der Waals surface area contributed by atoms with Gasteiger partial charge in [-0.2, -0.15) is 5.26 Å². The molecule has 0 saturated heterocycles. The molecular weight excluding hydrogens is 302 g/mol. The molecule has 1 aromatic heterocycles. The quantitative estimate of drug-likeness (QED) is 0.933. The van der Waals surface area contributed by atoms with E-state index in [0.717, 1.165) is 28.0 Å². The van der Waals surface area contributed by atoms with E-state index in [1.165, 1.54) is 5.56 Å². The first-order valence-corrected chi connectivity index (χ1v) is 6.88. The Morgan fingerprint density at radius 1 is 1.37 bits per heavy atom. The predicted molar refractivity (Wildman–Crippen MR) is 81.1 cm³/mol. The second kappa shape index (κ2) is 5.50. The summed E-state index contributed by atoms with van der Waals surface area (Å²) in [6, 6.07) is 10.2. The molecule has 0 aliphatic carbocycles. The van der Waals surface area contributed by atoms with Gasteiger partial charge >= 0.3 is 0 Å². The van der Waals surface area contributed by atoms with E-state index in [2.05, 4.69) is 40.3 Å². The van der Waals surface area contributed by atoms with Crippen LogP contribution in [0, 0.1) is 25.2 Å². The summed E-state index contributed by atoms with van der Waals surface area (Å²) in [4.78, 5) is 0. The molecule has 1 heterocycles. The van der Waals surface area contributed by atoms with Crippen molar-refractivity contribution in [2.45, 2.75) is 20.4 Å². The molecule has 0 radical (unpaired) electrons. The zero-order chi connectivity index (χ0) is 14.0. The molecule has 1 N–H and O–H groups in total. The highest BCUT2D eigenvalue weighted by Gasteiger charge is 2.09. The molecule has 4 heteroatoms. The molecule has 0 saturated carbocycles. The number of halogens is 1. The molecule has 0 amide bonds. The third-order valence-electron chi connectivity index (χ3n) is 3.49. The van der Waals surface area contributed by atoms with Crippen molar-refractivity contribution in [1.29, 1.82) is 5.26 Å². The molecule has 19 heavy (non-hydrogen) atoms. The maximum atomic E-state index is 9.02. The standard InChI is InChI=1S/C15H16BrN3/c1-10-14(16)5-4-6-15(10)18-9-12-7-13(8-17)19(3)11(12)2/h4-7,18H,9H2,1-3H3. The van der Waals surface area contributed by atoms with Gasteiger partial charge < -0.3 is 9.88 Å². The van der Waals surface area contributed by atoms with Gasteiger partial charge in [-0.05, 0) is 43.2 Å². The number of nitriles is 1. The van der Waals surface area contributed by atoms with Crippen LogP contribution in [0.1, 0.15) is 22.5 Å². The average molecular weight is 318 g/mol. The number of hydrogen-bond donors (Lipinski definition) is 1. The Hall–Kier alpha value is -1.73. The number of benzene rings is 1. The van der Waals surface area contributed by atoms with E-state index in [4.69, 9.17) is 5.26 Å². The Labute approximate surface area is 122 Å². The summed E-state index contributed by atoms with van der Waals surface area (Å²) in [5, 5.41) is 12.4. The van der Waals surface area contributed by atoms with Gasteiger partial charge in [0.2, 0.25) is 0 Å². The number of aromatic nitrogens is 1. The second-order valence-corrected chi connectivity index (χ2v) is 5.43. The lowest BCUT2D eigenvalue weighted by Gasteiger charge is -2.10. The Morgan fingerprint density at radius 3 is 2.74 bits per heavy atom. The number of hydrogen-bond acceptors (Lipinski definition) is 2. The largest absolute Gasteiger partial charge is 0.381 e. The van der Waals surface area contributed by atoms with Crippen LogP contribution in [0.25, 0.3) is 0 Å². The van der Waals surface area contributed by atoms with Gasteiger partial charge in [-0.3, -0.25) is 0 Å². The van der Waals surface area contributed by atoms with E-state index in [1.54, 1.807) is 0 Å². The zero-order valence-electron chi connectivity index (χ0n) is 11.3. The van der Waals surface area contributed by atoms with Crippen LogP contribution in [0.15, 0.2) is 28.7 Å². The number of rotatable bonds is 3. The van der Waals surface area contributed by atoms with Crippen molar-refractivity contribution in [3.8, 4) is 6.07 Å². The maximum Gasteiger partial charge on any atom is 0.120 e. The number of nitrogens with one attached hydrogen (secondary N) is 1. The summed E-state index contributed by atoms with van der Waals surface area (Å²) in [7, 11) is 1.92. The molecule has 0 aliphatic rings. The van der Waals surface area contributed by atoms with Crippen LogP contribution in [0.2, 0.25) is 0 Å². The monoisotopic (exact) mass is 317 g/mol. The fourth-order valence-electron chi connectivity index (χ4n) is 2.04. The van der Waals surface area contributed by atoms with Crippen molar-refractivity contribution in [3.05, 3.63) is 51.3 Å². The fraction of sp³-hybridized carbons (Fsp3) is 0.267. The van der Waals surface area contributed by atoms with Crippen molar-refractivity contribution in [2.24, 2.45) is 7.05 Å². The predicted octanol–water partition coefficient (Wildman–Crippen LogP) is 3.89. The van der Waals surface area contributed by atoms with E-state index in [0.29, 0.717) is 5.69 Å². The highest BCUT2D eigenvalue weighted by molar-refractivity contribution is 9.10. The van der Waals surface area contributed by atoms with Crippen molar-refractivity contribution in [2.75, 3.05) is 5.32 Å². The zero-order valence-corrected chi connectivity index (χ0v) is 12.9. The van der Waals surface area contributed by atoms with Gasteiger partial charge in [-0.25, -0.2) is 0 Å². The topological polar surface area (TPSA) is 40.8 Å². The molecule has 3 nitrogen and oxygen atoms in total. The SMILES string of the molecule is Cc1c(Br)cccc1NCc1cc(C#N)n(C)c1C. The molecule has 2 aromatic rings. The Kier molecular flexibility index (Phi) is 3.96. The maximum absolute atomic E-state index is 9.02. The van der Waals surface area contributed by atoms with Crippen LogP contribution < -0.4 is 5.32 Å². The lowest BCUT2D eigenvalue weighted by Crippen LogP contribution is -2.02. The van der Waals surface area contributed by atoms with Gasteiger partial charge in [0.1, 0.15) is 11.8 Å². The highest BCUT2D eigenvalue weighted by atomic mass is 79.9. The van der Waals surface area contributed by atoms with E-state index < -0.39 is 0 Å². The van der Waals surface area contributed by atoms with Crippen LogP contribution >= 0.6 is 15.9 Å². The third-order valence-corrected chi connectivity index (χ3v) is 4.35. The van der Waals surface area contributed by atoms with Gasteiger partial charge in [0.25, 0.3) is 0 Å². The molecular formula is C15H16BrN3. The molecule has 0 aliphatic heterocycles. The molecule has 2 rings (SSSR count). The van der Waals surface area contributed by atoms with Crippen LogP contribution in [0.5, 0.6) is 0 Å². The summed E-state index contributed by atoms with van der Waals surface area (Å²) in [6.45, 7) is 4.83. The molecule has 0 spiro atoms. The van der Waals surface area contributed by atoms with Crippen LogP contribution in [-0.2, 0) is 13.6 Å². The minimum atomic E-state index is 0.695. The Balaban J connectivity index is 2.20. The van der Waals surface area contributed by atoms with E-state index >= 15 is 0 Å². The molecule has 0 atom stereocenters. The van der Waals surface area contributed by atoms with Crippen LogP contribution in [-0.4, -0.2) is 4.57 Å². The van der Waals surface area contributed by atoms with Gasteiger partial charge in [0.05, 0.1) is 0 Å². The fourth-order valence-corrected chi connectivity index (χ4v) is 2.40. The molecule has 0 fully saturated rings. The molecule has 0 bridgehead atoms. The van der Waals surface area contributed by atoms with Crippen LogP contribution in [0.4, 0.5) is 5.69 Å². The minimum Gasteiger partial charge on any atom is -0.381 e. The van der Waals surface area contributed by atoms with E-state index in [9.17, 15) is 0 Å².